The number of carbonyl (C=O) groups is 2. The van der Waals surface area contributed by atoms with Crippen LogP contribution < -0.4 is 5.32 Å². The molecule has 132 valence electrons. The minimum absolute atomic E-state index is 0.0370. The number of thiophene rings is 1. The molecule has 5 heteroatoms. The predicted molar refractivity (Wildman–Crippen MR) is 102 cm³/mol. The van der Waals surface area contributed by atoms with Gasteiger partial charge < -0.3 is 10.2 Å². The molecule has 1 unspecified atom stereocenters. The fourth-order valence-corrected chi connectivity index (χ4v) is 3.84. The van der Waals surface area contributed by atoms with Gasteiger partial charge in [-0.15, -0.1) is 11.3 Å². The number of hydrogen-bond donors (Lipinski definition) is 1. The lowest BCUT2D eigenvalue weighted by Crippen LogP contribution is -2.49. The van der Waals surface area contributed by atoms with Crippen LogP contribution in [0.5, 0.6) is 0 Å². The van der Waals surface area contributed by atoms with Gasteiger partial charge in [-0.05, 0) is 54.3 Å². The van der Waals surface area contributed by atoms with Crippen molar-refractivity contribution < 1.29 is 9.59 Å². The van der Waals surface area contributed by atoms with E-state index in [2.05, 4.69) is 19.2 Å². The number of likely N-dealkylation sites (tertiary alicyclic amines) is 1. The lowest BCUT2D eigenvalue weighted by molar-refractivity contribution is -0.121. The zero-order chi connectivity index (χ0) is 17.8. The molecule has 0 saturated carbocycles. The summed E-state index contributed by atoms with van der Waals surface area (Å²) in [6.07, 6.45) is 2.63. The molecular weight excluding hydrogens is 332 g/mol. The third-order valence-corrected chi connectivity index (χ3v) is 5.50. The molecule has 1 aromatic carbocycles. The first-order valence-corrected chi connectivity index (χ1v) is 9.69. The summed E-state index contributed by atoms with van der Waals surface area (Å²) in [6.45, 7) is 4.93. The maximum atomic E-state index is 12.8. The SMILES string of the molecule is CC(C)c1ccc(NC(=O)C2CCCCN2C(=O)c2cccs2)cc1. The number of nitrogens with zero attached hydrogens (tertiary/aromatic N) is 1. The summed E-state index contributed by atoms with van der Waals surface area (Å²) in [5.74, 6) is 0.328. The minimum Gasteiger partial charge on any atom is -0.326 e. The molecule has 2 amide bonds. The number of piperidine rings is 1. The monoisotopic (exact) mass is 356 g/mol. The third kappa shape index (κ3) is 4.10. The molecule has 1 saturated heterocycles. The van der Waals surface area contributed by atoms with Crippen molar-refractivity contribution >= 4 is 28.8 Å². The predicted octanol–water partition coefficient (Wildman–Crippen LogP) is 4.50. The van der Waals surface area contributed by atoms with Gasteiger partial charge in [0.2, 0.25) is 5.91 Å². The summed E-state index contributed by atoms with van der Waals surface area (Å²) >= 11 is 1.42. The average molecular weight is 356 g/mol. The van der Waals surface area contributed by atoms with E-state index in [1.54, 1.807) is 4.90 Å². The van der Waals surface area contributed by atoms with Crippen molar-refractivity contribution in [2.75, 3.05) is 11.9 Å². The first kappa shape index (κ1) is 17.7. The van der Waals surface area contributed by atoms with Crippen molar-refractivity contribution in [3.8, 4) is 0 Å². The maximum absolute atomic E-state index is 12.8. The van der Waals surface area contributed by atoms with E-state index in [-0.39, 0.29) is 11.8 Å². The summed E-state index contributed by atoms with van der Waals surface area (Å²) < 4.78 is 0. The van der Waals surface area contributed by atoms with Crippen LogP contribution in [0.4, 0.5) is 5.69 Å². The van der Waals surface area contributed by atoms with E-state index >= 15 is 0 Å². The lowest BCUT2D eigenvalue weighted by atomic mass is 10.0. The zero-order valence-electron chi connectivity index (χ0n) is 14.7. The van der Waals surface area contributed by atoms with E-state index < -0.39 is 6.04 Å². The molecular formula is C20H24N2O2S. The van der Waals surface area contributed by atoms with Crippen LogP contribution in [0.1, 0.15) is 54.3 Å². The fourth-order valence-electron chi connectivity index (χ4n) is 3.17. The fraction of sp³-hybridized carbons (Fsp3) is 0.400. The molecule has 1 aliphatic heterocycles. The van der Waals surface area contributed by atoms with Gasteiger partial charge in [0.25, 0.3) is 5.91 Å². The molecule has 3 rings (SSSR count). The van der Waals surface area contributed by atoms with Crippen molar-refractivity contribution in [2.45, 2.75) is 45.1 Å². The Morgan fingerprint density at radius 2 is 1.92 bits per heavy atom. The molecule has 1 aromatic heterocycles. The topological polar surface area (TPSA) is 49.4 Å². The van der Waals surface area contributed by atoms with Gasteiger partial charge in [0, 0.05) is 12.2 Å². The van der Waals surface area contributed by atoms with Crippen molar-refractivity contribution in [2.24, 2.45) is 0 Å². The summed E-state index contributed by atoms with van der Waals surface area (Å²) in [5.41, 5.74) is 2.02. The molecule has 0 radical (unpaired) electrons. The number of anilines is 1. The first-order valence-electron chi connectivity index (χ1n) is 8.81. The first-order chi connectivity index (χ1) is 12.1. The Morgan fingerprint density at radius 3 is 2.56 bits per heavy atom. The Bertz CT molecular complexity index is 723. The van der Waals surface area contributed by atoms with E-state index in [9.17, 15) is 9.59 Å². The molecule has 2 aromatic rings. The normalized spacial score (nSPS) is 17.6. The number of carbonyl (C=O) groups excluding carboxylic acids is 2. The second kappa shape index (κ2) is 7.83. The third-order valence-electron chi connectivity index (χ3n) is 4.64. The van der Waals surface area contributed by atoms with Gasteiger partial charge in [-0.1, -0.05) is 32.0 Å². The van der Waals surface area contributed by atoms with Crippen molar-refractivity contribution in [3.05, 3.63) is 52.2 Å². The van der Waals surface area contributed by atoms with Crippen molar-refractivity contribution in [1.29, 1.82) is 0 Å². The van der Waals surface area contributed by atoms with Crippen LogP contribution >= 0.6 is 11.3 Å². The van der Waals surface area contributed by atoms with Gasteiger partial charge in [0.05, 0.1) is 4.88 Å². The van der Waals surface area contributed by atoms with Gasteiger partial charge in [0.1, 0.15) is 6.04 Å². The maximum Gasteiger partial charge on any atom is 0.264 e. The van der Waals surface area contributed by atoms with Crippen LogP contribution in [0.15, 0.2) is 41.8 Å². The Hall–Kier alpha value is -2.14. The van der Waals surface area contributed by atoms with E-state index in [0.29, 0.717) is 23.8 Å². The Kier molecular flexibility index (Phi) is 5.53. The van der Waals surface area contributed by atoms with Crippen LogP contribution in [0.25, 0.3) is 0 Å². The molecule has 25 heavy (non-hydrogen) atoms. The van der Waals surface area contributed by atoms with Gasteiger partial charge >= 0.3 is 0 Å². The molecule has 1 fully saturated rings. The van der Waals surface area contributed by atoms with Crippen LogP contribution in [-0.4, -0.2) is 29.3 Å². The zero-order valence-corrected chi connectivity index (χ0v) is 15.5. The van der Waals surface area contributed by atoms with E-state index in [1.807, 2.05) is 41.8 Å². The Balaban J connectivity index is 1.71. The van der Waals surface area contributed by atoms with Crippen LogP contribution in [0.2, 0.25) is 0 Å². The molecule has 4 nitrogen and oxygen atoms in total. The lowest BCUT2D eigenvalue weighted by Gasteiger charge is -2.34. The van der Waals surface area contributed by atoms with Gasteiger partial charge in [-0.3, -0.25) is 9.59 Å². The Labute approximate surface area is 152 Å². The van der Waals surface area contributed by atoms with Crippen LogP contribution in [0.3, 0.4) is 0 Å². The van der Waals surface area contributed by atoms with Crippen LogP contribution in [0, 0.1) is 0 Å². The summed E-state index contributed by atoms with van der Waals surface area (Å²) in [4.78, 5) is 27.9. The standard InChI is InChI=1S/C20H24N2O2S/c1-14(2)15-8-10-16(11-9-15)21-19(23)17-6-3-4-12-22(17)20(24)18-7-5-13-25-18/h5,7-11,13-14,17H,3-4,6,12H2,1-2H3,(H,21,23). The minimum atomic E-state index is -0.395. The molecule has 1 aliphatic rings. The van der Waals surface area contributed by atoms with E-state index in [4.69, 9.17) is 0 Å². The summed E-state index contributed by atoms with van der Waals surface area (Å²) in [6, 6.07) is 11.2. The largest absolute Gasteiger partial charge is 0.326 e. The number of nitrogens with one attached hydrogen (secondary N) is 1. The number of benzene rings is 1. The molecule has 1 atom stereocenters. The van der Waals surface area contributed by atoms with Gasteiger partial charge in [-0.25, -0.2) is 0 Å². The number of amides is 2. The van der Waals surface area contributed by atoms with Crippen molar-refractivity contribution in [1.82, 2.24) is 4.90 Å². The second-order valence-electron chi connectivity index (χ2n) is 6.75. The Morgan fingerprint density at radius 1 is 1.16 bits per heavy atom. The average Bonchev–Trinajstić information content (AvgIpc) is 3.16. The summed E-state index contributed by atoms with van der Waals surface area (Å²) in [5, 5.41) is 4.87. The molecule has 0 bridgehead atoms. The van der Waals surface area contributed by atoms with Crippen molar-refractivity contribution in [3.63, 3.8) is 0 Å². The highest BCUT2D eigenvalue weighted by atomic mass is 32.1. The molecule has 2 heterocycles. The smallest absolute Gasteiger partial charge is 0.264 e. The highest BCUT2D eigenvalue weighted by Gasteiger charge is 2.33. The van der Waals surface area contributed by atoms with E-state index in [1.165, 1.54) is 16.9 Å². The molecule has 0 aliphatic carbocycles. The second-order valence-corrected chi connectivity index (χ2v) is 7.70. The molecule has 1 N–H and O–H groups in total. The summed E-state index contributed by atoms with van der Waals surface area (Å²) in [7, 11) is 0. The molecule has 0 spiro atoms. The quantitative estimate of drug-likeness (QED) is 0.876. The van der Waals surface area contributed by atoms with Gasteiger partial charge in [0.15, 0.2) is 0 Å². The highest BCUT2D eigenvalue weighted by Crippen LogP contribution is 2.23. The van der Waals surface area contributed by atoms with Crippen LogP contribution in [-0.2, 0) is 4.79 Å². The van der Waals surface area contributed by atoms with Gasteiger partial charge in [-0.2, -0.15) is 0 Å². The number of rotatable bonds is 4. The number of hydrogen-bond acceptors (Lipinski definition) is 3. The van der Waals surface area contributed by atoms with E-state index in [0.717, 1.165) is 18.5 Å². The highest BCUT2D eigenvalue weighted by molar-refractivity contribution is 7.12.